The van der Waals surface area contributed by atoms with Gasteiger partial charge in [-0.05, 0) is 63.6 Å². The molecule has 0 spiro atoms. The van der Waals surface area contributed by atoms with E-state index in [1.807, 2.05) is 57.2 Å². The molecule has 0 atom stereocenters. The zero-order valence-electron chi connectivity index (χ0n) is 19.1. The largest absolute Gasteiger partial charge is 0.482 e. The Morgan fingerprint density at radius 1 is 0.968 bits per heavy atom. The maximum atomic E-state index is 12.0. The molecule has 2 rings (SSSR count). The van der Waals surface area contributed by atoms with Gasteiger partial charge in [-0.2, -0.15) is 0 Å². The van der Waals surface area contributed by atoms with Crippen molar-refractivity contribution in [2.24, 2.45) is 0 Å². The fraction of sp³-hybridized carbons (Fsp3) is 0.440. The average Bonchev–Trinajstić information content (AvgIpc) is 2.74. The van der Waals surface area contributed by atoms with E-state index in [4.69, 9.17) is 14.2 Å². The van der Waals surface area contributed by atoms with Crippen molar-refractivity contribution in [2.75, 3.05) is 25.2 Å². The first-order chi connectivity index (χ1) is 14.7. The number of esters is 2. The van der Waals surface area contributed by atoms with Gasteiger partial charge in [0, 0.05) is 24.0 Å². The molecule has 0 aliphatic heterocycles. The molecular formula is C25H33NO5. The Bertz CT molecular complexity index is 855. The molecular weight excluding hydrogens is 394 g/mol. The van der Waals surface area contributed by atoms with Crippen molar-refractivity contribution >= 4 is 23.3 Å². The van der Waals surface area contributed by atoms with E-state index in [-0.39, 0.29) is 12.6 Å². The molecule has 0 bridgehead atoms. The van der Waals surface area contributed by atoms with E-state index in [0.717, 1.165) is 37.2 Å². The molecule has 0 aliphatic rings. The molecule has 0 heterocycles. The lowest BCUT2D eigenvalue weighted by Crippen LogP contribution is -2.27. The Balaban J connectivity index is 2.19. The number of ether oxygens (including phenoxy) is 3. The van der Waals surface area contributed by atoms with E-state index in [1.165, 1.54) is 7.11 Å². The van der Waals surface area contributed by atoms with Gasteiger partial charge < -0.3 is 19.1 Å². The molecule has 6 nitrogen and oxygen atoms in total. The first-order valence-electron chi connectivity index (χ1n) is 10.6. The van der Waals surface area contributed by atoms with Gasteiger partial charge in [-0.3, -0.25) is 0 Å². The summed E-state index contributed by atoms with van der Waals surface area (Å²) in [5, 5.41) is 0. The van der Waals surface area contributed by atoms with Crippen molar-refractivity contribution in [2.45, 2.75) is 52.6 Å². The van der Waals surface area contributed by atoms with Gasteiger partial charge >= 0.3 is 11.9 Å². The monoisotopic (exact) mass is 427 g/mol. The average molecular weight is 428 g/mol. The predicted octanol–water partition coefficient (Wildman–Crippen LogP) is 5.52. The van der Waals surface area contributed by atoms with Gasteiger partial charge in [0.25, 0.3) is 0 Å². The zero-order valence-corrected chi connectivity index (χ0v) is 19.1. The molecule has 0 saturated heterocycles. The summed E-state index contributed by atoms with van der Waals surface area (Å²) in [7, 11) is 1.37. The summed E-state index contributed by atoms with van der Waals surface area (Å²) in [6.07, 6.45) is 3.26. The van der Waals surface area contributed by atoms with Crippen LogP contribution in [0.5, 0.6) is 5.75 Å². The van der Waals surface area contributed by atoms with Crippen molar-refractivity contribution in [1.29, 1.82) is 0 Å². The number of unbranched alkanes of at least 4 members (excludes halogenated alkanes) is 2. The van der Waals surface area contributed by atoms with E-state index in [0.29, 0.717) is 11.3 Å². The third kappa shape index (κ3) is 7.96. The highest BCUT2D eigenvalue weighted by molar-refractivity contribution is 5.89. The number of rotatable bonds is 10. The highest BCUT2D eigenvalue weighted by atomic mass is 16.6. The molecule has 0 fully saturated rings. The molecule has 0 amide bonds. The first-order valence-corrected chi connectivity index (χ1v) is 10.6. The van der Waals surface area contributed by atoms with Gasteiger partial charge in [0.05, 0.1) is 12.7 Å². The topological polar surface area (TPSA) is 65.1 Å². The lowest BCUT2D eigenvalue weighted by Gasteiger charge is -2.26. The third-order valence-electron chi connectivity index (χ3n) is 4.49. The number of hydrogen-bond donors (Lipinski definition) is 0. The summed E-state index contributed by atoms with van der Waals surface area (Å²) in [6.45, 7) is 8.31. The second kappa shape index (κ2) is 11.4. The fourth-order valence-corrected chi connectivity index (χ4v) is 3.08. The molecule has 2 aromatic rings. The Kier molecular flexibility index (Phi) is 8.91. The highest BCUT2D eigenvalue weighted by Crippen LogP contribution is 2.29. The first kappa shape index (κ1) is 24.3. The molecule has 31 heavy (non-hydrogen) atoms. The van der Waals surface area contributed by atoms with E-state index >= 15 is 0 Å². The van der Waals surface area contributed by atoms with Crippen molar-refractivity contribution in [1.82, 2.24) is 0 Å². The number of anilines is 2. The highest BCUT2D eigenvalue weighted by Gasteiger charge is 2.17. The van der Waals surface area contributed by atoms with Gasteiger partial charge in [0.1, 0.15) is 11.4 Å². The van der Waals surface area contributed by atoms with E-state index in [2.05, 4.69) is 11.8 Å². The normalized spacial score (nSPS) is 11.0. The van der Waals surface area contributed by atoms with Crippen LogP contribution in [-0.4, -0.2) is 37.8 Å². The Hall–Kier alpha value is -3.02. The second-order valence-electron chi connectivity index (χ2n) is 8.27. The molecule has 0 N–H and O–H groups in total. The van der Waals surface area contributed by atoms with Crippen LogP contribution >= 0.6 is 0 Å². The number of benzene rings is 2. The Labute approximate surface area is 185 Å². The number of carbonyl (C=O) groups excluding carboxylic acids is 2. The van der Waals surface area contributed by atoms with Crippen molar-refractivity contribution in [3.8, 4) is 5.75 Å². The van der Waals surface area contributed by atoms with Gasteiger partial charge in [-0.25, -0.2) is 9.59 Å². The maximum absolute atomic E-state index is 12.0. The number of methoxy groups -OCH3 is 1. The summed E-state index contributed by atoms with van der Waals surface area (Å²) in [6, 6.07) is 15.0. The summed E-state index contributed by atoms with van der Waals surface area (Å²) in [5.74, 6) is -0.173. The van der Waals surface area contributed by atoms with Crippen molar-refractivity contribution < 1.29 is 23.8 Å². The lowest BCUT2D eigenvalue weighted by atomic mass is 10.1. The van der Waals surface area contributed by atoms with Crippen LogP contribution in [0.15, 0.2) is 48.5 Å². The van der Waals surface area contributed by atoms with Crippen LogP contribution in [-0.2, 0) is 14.3 Å². The minimum atomic E-state index is -0.547. The molecule has 0 aromatic heterocycles. The van der Waals surface area contributed by atoms with Gasteiger partial charge in [0.15, 0.2) is 6.61 Å². The number of carbonyl (C=O) groups is 2. The summed E-state index contributed by atoms with van der Waals surface area (Å²) in [4.78, 5) is 25.9. The SMILES string of the molecule is CCCCCN(c1ccc(C(=O)OC)cc1)c1cccc(OCC(=O)OC(C)(C)C)c1. The minimum absolute atomic E-state index is 0.148. The summed E-state index contributed by atoms with van der Waals surface area (Å²) in [5.41, 5.74) is 1.88. The Morgan fingerprint density at radius 2 is 1.68 bits per heavy atom. The van der Waals surface area contributed by atoms with Gasteiger partial charge in [-0.15, -0.1) is 0 Å². The predicted molar refractivity (Wildman–Crippen MR) is 122 cm³/mol. The summed E-state index contributed by atoms with van der Waals surface area (Å²) >= 11 is 0. The molecule has 0 radical (unpaired) electrons. The molecule has 0 aliphatic carbocycles. The van der Waals surface area contributed by atoms with Gasteiger partial charge in [0.2, 0.25) is 0 Å². The number of nitrogens with zero attached hydrogens (tertiary/aromatic N) is 1. The second-order valence-corrected chi connectivity index (χ2v) is 8.27. The standard InChI is InChI=1S/C25H33NO5/c1-6-7-8-16-26(20-14-12-19(13-15-20)24(28)29-5)21-10-9-11-22(17-21)30-18-23(27)31-25(2,3)4/h9-15,17H,6-8,16,18H2,1-5H3. The van der Waals surface area contributed by atoms with Crippen LogP contribution in [0, 0.1) is 0 Å². The van der Waals surface area contributed by atoms with Crippen LogP contribution in [0.4, 0.5) is 11.4 Å². The smallest absolute Gasteiger partial charge is 0.344 e. The van der Waals surface area contributed by atoms with Crippen LogP contribution in [0.3, 0.4) is 0 Å². The lowest BCUT2D eigenvalue weighted by molar-refractivity contribution is -0.157. The minimum Gasteiger partial charge on any atom is -0.482 e. The number of hydrogen-bond acceptors (Lipinski definition) is 6. The van der Waals surface area contributed by atoms with Crippen LogP contribution in [0.2, 0.25) is 0 Å². The van der Waals surface area contributed by atoms with Gasteiger partial charge in [-0.1, -0.05) is 25.8 Å². The summed E-state index contributed by atoms with van der Waals surface area (Å²) < 4.78 is 15.8. The maximum Gasteiger partial charge on any atom is 0.344 e. The van der Waals surface area contributed by atoms with Crippen molar-refractivity contribution in [3.63, 3.8) is 0 Å². The van der Waals surface area contributed by atoms with E-state index < -0.39 is 11.6 Å². The Morgan fingerprint density at radius 3 is 2.29 bits per heavy atom. The molecule has 6 heteroatoms. The molecule has 0 saturated carbocycles. The zero-order chi connectivity index (χ0) is 22.9. The quantitative estimate of drug-likeness (QED) is 0.367. The molecule has 0 unspecified atom stereocenters. The third-order valence-corrected chi connectivity index (χ3v) is 4.49. The van der Waals surface area contributed by atoms with E-state index in [9.17, 15) is 9.59 Å². The van der Waals surface area contributed by atoms with Crippen LogP contribution < -0.4 is 9.64 Å². The fourth-order valence-electron chi connectivity index (χ4n) is 3.08. The van der Waals surface area contributed by atoms with Crippen LogP contribution in [0.1, 0.15) is 57.3 Å². The molecule has 2 aromatic carbocycles. The molecule has 168 valence electrons. The van der Waals surface area contributed by atoms with Crippen LogP contribution in [0.25, 0.3) is 0 Å². The van der Waals surface area contributed by atoms with E-state index in [1.54, 1.807) is 12.1 Å². The van der Waals surface area contributed by atoms with Crippen molar-refractivity contribution in [3.05, 3.63) is 54.1 Å².